The standard InChI is InChI=1S/C24H31F3N2O2/c1-4-5-6-7-10-15-31-20-18-12-9-8-11-17(18)13-14-19(20)21(24(25,26)27)29-16-23(2,3)22(30)28-29/h8-9,11-14,21H,4-7,10,15-16H2,1-3H3,(H,28,30). The largest absolute Gasteiger partial charge is 0.493 e. The van der Waals surface area contributed by atoms with Crippen molar-refractivity contribution in [2.24, 2.45) is 5.41 Å². The van der Waals surface area contributed by atoms with E-state index in [1.165, 1.54) is 6.07 Å². The lowest BCUT2D eigenvalue weighted by molar-refractivity contribution is -0.192. The van der Waals surface area contributed by atoms with Crippen LogP contribution in [-0.4, -0.2) is 30.2 Å². The van der Waals surface area contributed by atoms with Crippen molar-refractivity contribution in [3.05, 3.63) is 42.0 Å². The fraction of sp³-hybridized carbons (Fsp3) is 0.542. The Morgan fingerprint density at radius 1 is 1.10 bits per heavy atom. The van der Waals surface area contributed by atoms with Gasteiger partial charge < -0.3 is 4.74 Å². The van der Waals surface area contributed by atoms with E-state index in [1.54, 1.807) is 32.0 Å². The summed E-state index contributed by atoms with van der Waals surface area (Å²) in [6.07, 6.45) is 0.525. The fourth-order valence-corrected chi connectivity index (χ4v) is 4.01. The molecule has 1 heterocycles. The second kappa shape index (κ2) is 9.47. The highest BCUT2D eigenvalue weighted by Gasteiger charge is 2.52. The van der Waals surface area contributed by atoms with Crippen LogP contribution in [0.5, 0.6) is 5.75 Å². The summed E-state index contributed by atoms with van der Waals surface area (Å²) in [7, 11) is 0. The number of nitrogens with one attached hydrogen (secondary N) is 1. The third-order valence-corrected chi connectivity index (χ3v) is 5.75. The highest BCUT2D eigenvalue weighted by molar-refractivity contribution is 5.90. The molecule has 0 spiro atoms. The van der Waals surface area contributed by atoms with Crippen molar-refractivity contribution < 1.29 is 22.7 Å². The van der Waals surface area contributed by atoms with E-state index in [1.807, 2.05) is 12.1 Å². The molecule has 1 aliphatic heterocycles. The van der Waals surface area contributed by atoms with Gasteiger partial charge >= 0.3 is 6.18 Å². The Bertz CT molecular complexity index is 911. The van der Waals surface area contributed by atoms with Crippen molar-refractivity contribution in [3.8, 4) is 5.75 Å². The number of hydrogen-bond donors (Lipinski definition) is 1. The number of fused-ring (bicyclic) bond motifs is 1. The molecule has 0 aliphatic carbocycles. The minimum Gasteiger partial charge on any atom is -0.493 e. The fourth-order valence-electron chi connectivity index (χ4n) is 4.01. The van der Waals surface area contributed by atoms with Crippen molar-refractivity contribution in [2.45, 2.75) is 65.1 Å². The first-order chi connectivity index (χ1) is 14.6. The van der Waals surface area contributed by atoms with Crippen LogP contribution in [0.3, 0.4) is 0 Å². The van der Waals surface area contributed by atoms with E-state index in [0.29, 0.717) is 12.0 Å². The Morgan fingerprint density at radius 3 is 2.45 bits per heavy atom. The molecule has 0 aromatic heterocycles. The van der Waals surface area contributed by atoms with E-state index < -0.39 is 23.5 Å². The van der Waals surface area contributed by atoms with E-state index >= 15 is 0 Å². The maximum atomic E-state index is 14.3. The van der Waals surface area contributed by atoms with Crippen LogP contribution in [0.1, 0.15) is 64.5 Å². The molecule has 31 heavy (non-hydrogen) atoms. The van der Waals surface area contributed by atoms with E-state index in [-0.39, 0.29) is 17.9 Å². The molecule has 1 atom stereocenters. The summed E-state index contributed by atoms with van der Waals surface area (Å²) in [4.78, 5) is 12.2. The first-order valence-corrected chi connectivity index (χ1v) is 10.9. The maximum absolute atomic E-state index is 14.3. The summed E-state index contributed by atoms with van der Waals surface area (Å²) >= 11 is 0. The predicted molar refractivity (Wildman–Crippen MR) is 116 cm³/mol. The molecule has 2 aromatic rings. The van der Waals surface area contributed by atoms with E-state index in [4.69, 9.17) is 4.74 Å². The van der Waals surface area contributed by atoms with Crippen molar-refractivity contribution in [3.63, 3.8) is 0 Å². The third kappa shape index (κ3) is 5.32. The maximum Gasteiger partial charge on any atom is 0.410 e. The molecule has 3 rings (SSSR count). The number of benzene rings is 2. The quantitative estimate of drug-likeness (QED) is 0.478. The molecule has 4 nitrogen and oxygen atoms in total. The highest BCUT2D eigenvalue weighted by Crippen LogP contribution is 2.45. The van der Waals surface area contributed by atoms with E-state index in [2.05, 4.69) is 12.3 Å². The highest BCUT2D eigenvalue weighted by atomic mass is 19.4. The van der Waals surface area contributed by atoms with Gasteiger partial charge in [-0.1, -0.05) is 69.0 Å². The lowest BCUT2D eigenvalue weighted by atomic mass is 9.93. The van der Waals surface area contributed by atoms with Crippen LogP contribution in [0.25, 0.3) is 10.8 Å². The molecule has 1 amide bonds. The van der Waals surface area contributed by atoms with Crippen LogP contribution >= 0.6 is 0 Å². The number of hydrazine groups is 1. The molecule has 0 saturated carbocycles. The molecule has 1 N–H and O–H groups in total. The van der Waals surface area contributed by atoms with Crippen LogP contribution in [0.15, 0.2) is 36.4 Å². The number of carbonyl (C=O) groups excluding carboxylic acids is 1. The van der Waals surface area contributed by atoms with Gasteiger partial charge in [-0.25, -0.2) is 5.01 Å². The Kier molecular flexibility index (Phi) is 7.14. The summed E-state index contributed by atoms with van der Waals surface area (Å²) in [6, 6.07) is 8.45. The number of alkyl halides is 3. The average Bonchev–Trinajstić information content (AvgIpc) is 2.96. The summed E-state index contributed by atoms with van der Waals surface area (Å²) in [5.74, 6) is -0.171. The van der Waals surface area contributed by atoms with Gasteiger partial charge in [-0.15, -0.1) is 0 Å². The smallest absolute Gasteiger partial charge is 0.410 e. The lowest BCUT2D eigenvalue weighted by Gasteiger charge is -2.31. The Morgan fingerprint density at radius 2 is 1.81 bits per heavy atom. The average molecular weight is 437 g/mol. The second-order valence-electron chi connectivity index (χ2n) is 8.86. The predicted octanol–water partition coefficient (Wildman–Crippen LogP) is 6.17. The van der Waals surface area contributed by atoms with Gasteiger partial charge in [-0.05, 0) is 25.7 Å². The first kappa shape index (κ1) is 23.4. The van der Waals surface area contributed by atoms with E-state index in [9.17, 15) is 18.0 Å². The Hall–Kier alpha value is -2.28. The minimum absolute atomic E-state index is 0.0257. The number of amides is 1. The third-order valence-electron chi connectivity index (χ3n) is 5.75. The molecular weight excluding hydrogens is 405 g/mol. The zero-order valence-corrected chi connectivity index (χ0v) is 18.4. The zero-order valence-electron chi connectivity index (χ0n) is 18.4. The molecule has 7 heteroatoms. The van der Waals surface area contributed by atoms with Crippen LogP contribution in [-0.2, 0) is 4.79 Å². The van der Waals surface area contributed by atoms with Gasteiger partial charge in [0.25, 0.3) is 0 Å². The van der Waals surface area contributed by atoms with Crippen LogP contribution in [0.4, 0.5) is 13.2 Å². The van der Waals surface area contributed by atoms with Gasteiger partial charge in [-0.3, -0.25) is 10.2 Å². The summed E-state index contributed by atoms with van der Waals surface area (Å²) in [5.41, 5.74) is 1.56. The number of hydrogen-bond acceptors (Lipinski definition) is 3. The molecule has 1 aliphatic rings. The van der Waals surface area contributed by atoms with E-state index in [0.717, 1.165) is 42.5 Å². The van der Waals surface area contributed by atoms with Crippen LogP contribution in [0.2, 0.25) is 0 Å². The van der Waals surface area contributed by atoms with Gasteiger partial charge in [0.15, 0.2) is 6.04 Å². The van der Waals surface area contributed by atoms with Gasteiger partial charge in [0.2, 0.25) is 5.91 Å². The van der Waals surface area contributed by atoms with Gasteiger partial charge in [0.05, 0.1) is 12.0 Å². The van der Waals surface area contributed by atoms with Gasteiger partial charge in [-0.2, -0.15) is 13.2 Å². The molecule has 1 saturated heterocycles. The molecule has 170 valence electrons. The van der Waals surface area contributed by atoms with Crippen molar-refractivity contribution >= 4 is 16.7 Å². The normalized spacial score (nSPS) is 17.7. The number of nitrogens with zero attached hydrogens (tertiary/aromatic N) is 1. The molecule has 0 radical (unpaired) electrons. The lowest BCUT2D eigenvalue weighted by Crippen LogP contribution is -2.43. The number of carbonyl (C=O) groups is 1. The summed E-state index contributed by atoms with van der Waals surface area (Å²) in [6.45, 7) is 5.73. The topological polar surface area (TPSA) is 41.6 Å². The van der Waals surface area contributed by atoms with Crippen LogP contribution < -0.4 is 10.2 Å². The second-order valence-corrected chi connectivity index (χ2v) is 8.86. The van der Waals surface area contributed by atoms with Gasteiger partial charge in [0, 0.05) is 17.5 Å². The Labute approximate surface area is 181 Å². The number of ether oxygens (including phenoxy) is 1. The SMILES string of the molecule is CCCCCCCOc1c(C(N2CC(C)(C)C(=O)N2)C(F)(F)F)ccc2ccccc12. The first-order valence-electron chi connectivity index (χ1n) is 10.9. The number of unbranched alkanes of at least 4 members (excludes halogenated alkanes) is 4. The number of halogens is 3. The van der Waals surface area contributed by atoms with Crippen LogP contribution in [0, 0.1) is 5.41 Å². The molecule has 2 aromatic carbocycles. The van der Waals surface area contributed by atoms with Gasteiger partial charge in [0.1, 0.15) is 5.75 Å². The monoisotopic (exact) mass is 436 g/mol. The minimum atomic E-state index is -4.59. The zero-order chi connectivity index (χ0) is 22.6. The number of rotatable bonds is 9. The van der Waals surface area contributed by atoms with Crippen molar-refractivity contribution in [2.75, 3.05) is 13.2 Å². The van der Waals surface area contributed by atoms with Crippen molar-refractivity contribution in [1.29, 1.82) is 0 Å². The molecule has 0 bridgehead atoms. The summed E-state index contributed by atoms with van der Waals surface area (Å²) < 4.78 is 48.9. The molecular formula is C24H31F3N2O2. The Balaban J connectivity index is 1.97. The molecule has 1 unspecified atom stereocenters. The van der Waals surface area contributed by atoms with Crippen molar-refractivity contribution in [1.82, 2.24) is 10.4 Å². The summed E-state index contributed by atoms with van der Waals surface area (Å²) in [5, 5.41) is 2.46. The molecule has 1 fully saturated rings.